The molecule has 2 aromatic carbocycles. The first-order valence-corrected chi connectivity index (χ1v) is 12.0. The quantitative estimate of drug-likeness (QED) is 0.440. The summed E-state index contributed by atoms with van der Waals surface area (Å²) in [5.74, 6) is 0.0818. The minimum absolute atomic E-state index is 0.0818. The molecule has 0 spiro atoms. The van der Waals surface area contributed by atoms with Gasteiger partial charge in [-0.2, -0.15) is 9.78 Å². The third-order valence-corrected chi connectivity index (χ3v) is 5.90. The zero-order valence-electron chi connectivity index (χ0n) is 20.3. The van der Waals surface area contributed by atoms with Crippen LogP contribution < -0.4 is 0 Å². The maximum absolute atomic E-state index is 13.1. The summed E-state index contributed by atoms with van der Waals surface area (Å²) in [6.07, 6.45) is 5.16. The Hall–Kier alpha value is -3.25. The van der Waals surface area contributed by atoms with Gasteiger partial charge in [-0.15, -0.1) is 0 Å². The molecule has 0 bridgehead atoms. The maximum atomic E-state index is 13.1. The van der Waals surface area contributed by atoms with Crippen LogP contribution in [0.1, 0.15) is 61.5 Å². The van der Waals surface area contributed by atoms with E-state index in [4.69, 9.17) is 4.74 Å². The number of rotatable bonds is 6. The van der Waals surface area contributed by atoms with Crippen LogP contribution in [-0.2, 0) is 17.7 Å². The van der Waals surface area contributed by atoms with Crippen LogP contribution in [0.4, 0.5) is 4.79 Å². The van der Waals surface area contributed by atoms with Gasteiger partial charge >= 0.3 is 6.09 Å². The highest BCUT2D eigenvalue weighted by Crippen LogP contribution is 2.23. The Morgan fingerprint density at radius 1 is 0.941 bits per heavy atom. The van der Waals surface area contributed by atoms with Crippen LogP contribution in [0.3, 0.4) is 0 Å². The zero-order chi connectivity index (χ0) is 24.1. The first-order valence-electron chi connectivity index (χ1n) is 12.0. The Kier molecular flexibility index (Phi) is 7.27. The van der Waals surface area contributed by atoms with E-state index in [1.165, 1.54) is 29.5 Å². The summed E-state index contributed by atoms with van der Waals surface area (Å²) in [7, 11) is 0. The minimum Gasteiger partial charge on any atom is -0.442 e. The summed E-state index contributed by atoms with van der Waals surface area (Å²) >= 11 is 0. The summed E-state index contributed by atoms with van der Waals surface area (Å²) in [6.45, 7) is 8.62. The number of carbonyl (C=O) groups is 2. The number of carbonyl (C=O) groups excluding carboxylic acids is 2. The van der Waals surface area contributed by atoms with Crippen molar-refractivity contribution in [2.45, 2.75) is 58.6 Å². The second-order valence-electron chi connectivity index (χ2n) is 9.95. The summed E-state index contributed by atoms with van der Waals surface area (Å²) in [5, 5.41) is 4.14. The van der Waals surface area contributed by atoms with Gasteiger partial charge in [0.2, 0.25) is 0 Å². The Balaban J connectivity index is 1.47. The number of ether oxygens (including phenoxy) is 1. The van der Waals surface area contributed by atoms with Gasteiger partial charge in [-0.1, -0.05) is 42.8 Å². The van der Waals surface area contributed by atoms with E-state index >= 15 is 0 Å². The first-order chi connectivity index (χ1) is 16.3. The molecular formula is C28H33N3O3. The van der Waals surface area contributed by atoms with Crippen molar-refractivity contribution in [3.8, 4) is 11.3 Å². The van der Waals surface area contributed by atoms with Gasteiger partial charge < -0.3 is 4.74 Å². The number of benzene rings is 2. The fourth-order valence-electron chi connectivity index (χ4n) is 4.32. The van der Waals surface area contributed by atoms with Crippen molar-refractivity contribution in [3.63, 3.8) is 0 Å². The van der Waals surface area contributed by atoms with Gasteiger partial charge in [-0.25, -0.2) is 4.79 Å². The van der Waals surface area contributed by atoms with E-state index in [9.17, 15) is 9.59 Å². The number of piperidine rings is 1. The third kappa shape index (κ3) is 6.20. The van der Waals surface area contributed by atoms with E-state index in [1.807, 2.05) is 63.2 Å². The topological polar surface area (TPSA) is 64.4 Å². The summed E-state index contributed by atoms with van der Waals surface area (Å²) < 4.78 is 6.73. The second kappa shape index (κ2) is 10.3. The van der Waals surface area contributed by atoms with E-state index < -0.39 is 11.7 Å². The number of aromatic nitrogens is 2. The number of hydrogen-bond donors (Lipinski definition) is 0. The second-order valence-corrected chi connectivity index (χ2v) is 9.95. The largest absolute Gasteiger partial charge is 0.442 e. The highest BCUT2D eigenvalue weighted by molar-refractivity contribution is 5.97. The Bertz CT molecular complexity index is 1150. The molecule has 0 radical (unpaired) electrons. The lowest BCUT2D eigenvalue weighted by Crippen LogP contribution is -2.29. The lowest BCUT2D eigenvalue weighted by atomic mass is 9.99. The van der Waals surface area contributed by atoms with Crippen LogP contribution in [0.25, 0.3) is 11.3 Å². The SMILES string of the molecule is CC(C)(C)OC(=O)n1nccc1-c1cccc(CC(=O)c2cccc(CN3CCCCC3)c2)c1. The number of nitrogens with zero attached hydrogens (tertiary/aromatic N) is 3. The van der Waals surface area contributed by atoms with Crippen molar-refractivity contribution in [3.05, 3.63) is 77.5 Å². The molecule has 3 aromatic rings. The minimum atomic E-state index is -0.614. The number of Topliss-reactive ketones (excluding diaryl/α,β-unsaturated/α-hetero) is 1. The van der Waals surface area contributed by atoms with Crippen molar-refractivity contribution in [2.75, 3.05) is 13.1 Å². The molecule has 0 saturated carbocycles. The van der Waals surface area contributed by atoms with Crippen molar-refractivity contribution in [1.29, 1.82) is 0 Å². The number of ketones is 1. The van der Waals surface area contributed by atoms with Crippen LogP contribution in [0.15, 0.2) is 60.8 Å². The number of hydrogen-bond acceptors (Lipinski definition) is 5. The van der Waals surface area contributed by atoms with Gasteiger partial charge in [0.25, 0.3) is 0 Å². The van der Waals surface area contributed by atoms with E-state index in [0.717, 1.165) is 36.3 Å². The van der Waals surface area contributed by atoms with Crippen molar-refractivity contribution < 1.29 is 14.3 Å². The molecule has 0 aliphatic carbocycles. The highest BCUT2D eigenvalue weighted by atomic mass is 16.6. The third-order valence-electron chi connectivity index (χ3n) is 5.90. The molecule has 0 unspecified atom stereocenters. The molecule has 0 N–H and O–H groups in total. The van der Waals surface area contributed by atoms with Gasteiger partial charge in [-0.3, -0.25) is 9.69 Å². The van der Waals surface area contributed by atoms with Gasteiger partial charge in [0.1, 0.15) is 5.60 Å². The highest BCUT2D eigenvalue weighted by Gasteiger charge is 2.21. The van der Waals surface area contributed by atoms with Crippen LogP contribution in [-0.4, -0.2) is 45.2 Å². The van der Waals surface area contributed by atoms with Gasteiger partial charge in [-0.05, 0) is 76.0 Å². The van der Waals surface area contributed by atoms with E-state index in [0.29, 0.717) is 12.1 Å². The molecule has 1 aromatic heterocycles. The molecule has 2 heterocycles. The molecule has 178 valence electrons. The molecule has 1 saturated heterocycles. The fraction of sp³-hybridized carbons (Fsp3) is 0.393. The first kappa shape index (κ1) is 23.9. The van der Waals surface area contributed by atoms with E-state index in [-0.39, 0.29) is 5.78 Å². The Morgan fingerprint density at radius 3 is 2.44 bits per heavy atom. The Labute approximate surface area is 201 Å². The predicted molar refractivity (Wildman–Crippen MR) is 133 cm³/mol. The summed E-state index contributed by atoms with van der Waals surface area (Å²) in [4.78, 5) is 28.1. The average Bonchev–Trinajstić information content (AvgIpc) is 3.29. The normalized spacial score (nSPS) is 14.7. The molecule has 0 amide bonds. The van der Waals surface area contributed by atoms with E-state index in [1.54, 1.807) is 12.3 Å². The van der Waals surface area contributed by atoms with Crippen molar-refractivity contribution in [2.24, 2.45) is 0 Å². The lowest BCUT2D eigenvalue weighted by Gasteiger charge is -2.26. The van der Waals surface area contributed by atoms with Gasteiger partial charge in [0.15, 0.2) is 5.78 Å². The molecule has 6 nitrogen and oxygen atoms in total. The van der Waals surface area contributed by atoms with E-state index in [2.05, 4.69) is 16.1 Å². The van der Waals surface area contributed by atoms with Crippen LogP contribution >= 0.6 is 0 Å². The van der Waals surface area contributed by atoms with Crippen LogP contribution in [0, 0.1) is 0 Å². The Morgan fingerprint density at radius 2 is 1.68 bits per heavy atom. The molecular weight excluding hydrogens is 426 g/mol. The average molecular weight is 460 g/mol. The molecule has 1 aliphatic heterocycles. The predicted octanol–water partition coefficient (Wildman–Crippen LogP) is 5.74. The number of likely N-dealkylation sites (tertiary alicyclic amines) is 1. The van der Waals surface area contributed by atoms with Crippen molar-refractivity contribution >= 4 is 11.9 Å². The maximum Gasteiger partial charge on any atom is 0.435 e. The van der Waals surface area contributed by atoms with Crippen LogP contribution in [0.2, 0.25) is 0 Å². The molecule has 1 fully saturated rings. The lowest BCUT2D eigenvalue weighted by molar-refractivity contribution is 0.0517. The standard InChI is InChI=1S/C28H33N3O3/c1-28(2,3)34-27(33)31-25(13-14-29-31)23-11-7-9-21(17-23)19-26(32)24-12-8-10-22(18-24)20-30-15-5-4-6-16-30/h7-14,17-18H,4-6,15-16,19-20H2,1-3H3. The summed E-state index contributed by atoms with van der Waals surface area (Å²) in [5.41, 5.74) is 3.64. The molecule has 4 rings (SSSR count). The van der Waals surface area contributed by atoms with Gasteiger partial charge in [0, 0.05) is 24.1 Å². The molecule has 1 aliphatic rings. The zero-order valence-corrected chi connectivity index (χ0v) is 20.3. The van der Waals surface area contributed by atoms with Crippen LogP contribution in [0.5, 0.6) is 0 Å². The monoisotopic (exact) mass is 459 g/mol. The molecule has 34 heavy (non-hydrogen) atoms. The summed E-state index contributed by atoms with van der Waals surface area (Å²) in [6, 6.07) is 17.5. The molecule has 0 atom stereocenters. The smallest absolute Gasteiger partial charge is 0.435 e. The van der Waals surface area contributed by atoms with Gasteiger partial charge in [0.05, 0.1) is 11.9 Å². The fourth-order valence-corrected chi connectivity index (χ4v) is 4.32. The molecule has 6 heteroatoms. The van der Waals surface area contributed by atoms with Crippen molar-refractivity contribution in [1.82, 2.24) is 14.7 Å².